The molecule has 1 aromatic carbocycles. The molecule has 2 rings (SSSR count). The van der Waals surface area contributed by atoms with Crippen molar-refractivity contribution in [2.75, 3.05) is 29.6 Å². The first-order chi connectivity index (χ1) is 9.55. The van der Waals surface area contributed by atoms with Gasteiger partial charge < -0.3 is 10.5 Å². The lowest BCUT2D eigenvalue weighted by atomic mass is 10.2. The summed E-state index contributed by atoms with van der Waals surface area (Å²) in [4.78, 5) is 0. The van der Waals surface area contributed by atoms with Crippen LogP contribution in [0, 0.1) is 0 Å². The fraction of sp³-hybridized carbons (Fsp3) is 0.538. The average Bonchev–Trinajstić information content (AvgIpc) is 2.41. The van der Waals surface area contributed by atoms with E-state index in [0.717, 1.165) is 24.3 Å². The highest BCUT2D eigenvalue weighted by atomic mass is 32.2. The van der Waals surface area contributed by atoms with E-state index in [9.17, 15) is 8.42 Å². The molecule has 1 fully saturated rings. The molecule has 1 aliphatic rings. The fourth-order valence-corrected chi connectivity index (χ4v) is 4.29. The van der Waals surface area contributed by atoms with Crippen LogP contribution < -0.4 is 15.2 Å². The second-order valence-electron chi connectivity index (χ2n) is 4.77. The van der Waals surface area contributed by atoms with Crippen molar-refractivity contribution in [3.05, 3.63) is 24.3 Å². The topological polar surface area (TPSA) is 81.4 Å². The van der Waals surface area contributed by atoms with Crippen LogP contribution in [-0.2, 0) is 10.0 Å². The maximum absolute atomic E-state index is 11.9. The minimum Gasteiger partial charge on any atom is -0.492 e. The molecule has 112 valence electrons. The van der Waals surface area contributed by atoms with Crippen molar-refractivity contribution in [1.82, 2.24) is 4.72 Å². The van der Waals surface area contributed by atoms with E-state index >= 15 is 0 Å². The van der Waals surface area contributed by atoms with Gasteiger partial charge in [-0.1, -0.05) is 0 Å². The maximum Gasteiger partial charge on any atom is 0.215 e. The zero-order chi connectivity index (χ0) is 14.4. The summed E-state index contributed by atoms with van der Waals surface area (Å²) in [5, 5.41) is 0. The third kappa shape index (κ3) is 5.22. The van der Waals surface area contributed by atoms with Crippen LogP contribution in [0.4, 0.5) is 5.69 Å². The zero-order valence-electron chi connectivity index (χ0n) is 11.2. The molecule has 0 amide bonds. The summed E-state index contributed by atoms with van der Waals surface area (Å²) >= 11 is 1.80. The molecular formula is C13H20N2O3S2. The first kappa shape index (κ1) is 15.5. The Hall–Kier alpha value is -0.920. The molecule has 20 heavy (non-hydrogen) atoms. The maximum atomic E-state index is 11.9. The van der Waals surface area contributed by atoms with Crippen LogP contribution in [0.3, 0.4) is 0 Å². The molecule has 0 aliphatic carbocycles. The predicted molar refractivity (Wildman–Crippen MR) is 83.6 cm³/mol. The van der Waals surface area contributed by atoms with E-state index < -0.39 is 10.0 Å². The van der Waals surface area contributed by atoms with Crippen molar-refractivity contribution in [2.45, 2.75) is 18.9 Å². The number of anilines is 1. The van der Waals surface area contributed by atoms with Crippen LogP contribution >= 0.6 is 11.8 Å². The van der Waals surface area contributed by atoms with Gasteiger partial charge in [0.2, 0.25) is 10.0 Å². The first-order valence-electron chi connectivity index (χ1n) is 6.61. The van der Waals surface area contributed by atoms with Gasteiger partial charge in [0, 0.05) is 17.5 Å². The highest BCUT2D eigenvalue weighted by Gasteiger charge is 2.20. The summed E-state index contributed by atoms with van der Waals surface area (Å²) in [6.45, 7) is 0.138. The van der Waals surface area contributed by atoms with Gasteiger partial charge in [0.05, 0.1) is 5.75 Å². The van der Waals surface area contributed by atoms with E-state index in [1.54, 1.807) is 36.0 Å². The Labute approximate surface area is 124 Å². The molecule has 1 aromatic rings. The van der Waals surface area contributed by atoms with Crippen LogP contribution in [0.25, 0.3) is 0 Å². The second-order valence-corrected chi connectivity index (χ2v) is 7.79. The Kier molecular flexibility index (Phi) is 5.56. The zero-order valence-corrected chi connectivity index (χ0v) is 12.9. The molecule has 1 heterocycles. The molecule has 1 unspecified atom stereocenters. The summed E-state index contributed by atoms with van der Waals surface area (Å²) in [5.41, 5.74) is 6.22. The summed E-state index contributed by atoms with van der Waals surface area (Å²) in [6.07, 6.45) is 1.99. The van der Waals surface area contributed by atoms with E-state index in [1.165, 1.54) is 0 Å². The Balaban J connectivity index is 1.75. The van der Waals surface area contributed by atoms with Crippen molar-refractivity contribution in [2.24, 2.45) is 0 Å². The summed E-state index contributed by atoms with van der Waals surface area (Å²) < 4.78 is 32.0. The number of thioether (sulfide) groups is 1. The van der Waals surface area contributed by atoms with Crippen LogP contribution in [0.5, 0.6) is 5.75 Å². The van der Waals surface area contributed by atoms with Crippen molar-refractivity contribution in [3.8, 4) is 5.75 Å². The number of rotatable bonds is 6. The van der Waals surface area contributed by atoms with Crippen LogP contribution in [0.15, 0.2) is 24.3 Å². The molecule has 1 aliphatic heterocycles. The molecule has 0 aromatic heterocycles. The molecule has 5 nitrogen and oxygen atoms in total. The van der Waals surface area contributed by atoms with Crippen LogP contribution in [0.1, 0.15) is 12.8 Å². The van der Waals surface area contributed by atoms with Crippen LogP contribution in [-0.4, -0.2) is 38.3 Å². The van der Waals surface area contributed by atoms with Crippen molar-refractivity contribution in [3.63, 3.8) is 0 Å². The minimum absolute atomic E-state index is 0.0292. The van der Waals surface area contributed by atoms with Gasteiger partial charge in [-0.25, -0.2) is 13.1 Å². The number of nitrogen functional groups attached to an aromatic ring is 1. The largest absolute Gasteiger partial charge is 0.492 e. The summed E-state index contributed by atoms with van der Waals surface area (Å²) in [5.74, 6) is 2.58. The van der Waals surface area contributed by atoms with Gasteiger partial charge in [0.25, 0.3) is 0 Å². The van der Waals surface area contributed by atoms with Crippen molar-refractivity contribution < 1.29 is 13.2 Å². The van der Waals surface area contributed by atoms with E-state index in [1.807, 2.05) is 0 Å². The molecule has 7 heteroatoms. The van der Waals surface area contributed by atoms with Gasteiger partial charge in [0.1, 0.15) is 12.4 Å². The van der Waals surface area contributed by atoms with E-state index in [4.69, 9.17) is 10.5 Å². The summed E-state index contributed by atoms with van der Waals surface area (Å²) in [7, 11) is -3.27. The van der Waals surface area contributed by atoms with Gasteiger partial charge in [-0.15, -0.1) is 0 Å². The number of nitrogens with two attached hydrogens (primary N) is 1. The van der Waals surface area contributed by atoms with Gasteiger partial charge in [-0.2, -0.15) is 11.8 Å². The van der Waals surface area contributed by atoms with Crippen molar-refractivity contribution >= 4 is 27.5 Å². The summed E-state index contributed by atoms with van der Waals surface area (Å²) in [6, 6.07) is 6.97. The number of hydrogen-bond acceptors (Lipinski definition) is 5. The van der Waals surface area contributed by atoms with Gasteiger partial charge in [-0.05, 0) is 42.9 Å². The number of benzene rings is 1. The quantitative estimate of drug-likeness (QED) is 0.777. The third-order valence-electron chi connectivity index (χ3n) is 3.01. The number of ether oxygens (including phenoxy) is 1. The lowest BCUT2D eigenvalue weighted by Gasteiger charge is -2.22. The Morgan fingerprint density at radius 3 is 2.75 bits per heavy atom. The molecular weight excluding hydrogens is 296 g/mol. The van der Waals surface area contributed by atoms with Gasteiger partial charge in [-0.3, -0.25) is 0 Å². The molecule has 0 spiro atoms. The Morgan fingerprint density at radius 1 is 1.35 bits per heavy atom. The smallest absolute Gasteiger partial charge is 0.215 e. The average molecular weight is 316 g/mol. The third-order valence-corrected chi connectivity index (χ3v) is 5.62. The fourth-order valence-electron chi connectivity index (χ4n) is 1.98. The normalized spacial score (nSPS) is 19.7. The monoisotopic (exact) mass is 316 g/mol. The lowest BCUT2D eigenvalue weighted by Crippen LogP contribution is -2.40. The number of nitrogens with one attached hydrogen (secondary N) is 1. The van der Waals surface area contributed by atoms with E-state index in [0.29, 0.717) is 11.4 Å². The highest BCUT2D eigenvalue weighted by molar-refractivity contribution is 7.99. The minimum atomic E-state index is -3.27. The molecule has 0 bridgehead atoms. The van der Waals surface area contributed by atoms with E-state index in [2.05, 4.69) is 4.72 Å². The molecule has 1 saturated heterocycles. The lowest BCUT2D eigenvalue weighted by molar-refractivity contribution is 0.340. The van der Waals surface area contributed by atoms with Crippen LogP contribution in [0.2, 0.25) is 0 Å². The molecule has 0 saturated carbocycles. The standard InChI is InChI=1S/C13H20N2O3S2/c14-11-3-5-13(6-4-11)18-7-9-20(16,17)15-12-2-1-8-19-10-12/h3-6,12,15H,1-2,7-10,14H2. The molecule has 1 atom stereocenters. The number of sulfonamides is 1. The predicted octanol–water partition coefficient (Wildman–Crippen LogP) is 1.46. The molecule has 3 N–H and O–H groups in total. The first-order valence-corrected chi connectivity index (χ1v) is 9.42. The van der Waals surface area contributed by atoms with Gasteiger partial charge >= 0.3 is 0 Å². The number of hydrogen-bond donors (Lipinski definition) is 2. The van der Waals surface area contributed by atoms with Crippen molar-refractivity contribution in [1.29, 1.82) is 0 Å². The Morgan fingerprint density at radius 2 is 2.10 bits per heavy atom. The second kappa shape index (κ2) is 7.19. The SMILES string of the molecule is Nc1ccc(OCCS(=O)(=O)NC2CCCSC2)cc1. The highest BCUT2D eigenvalue weighted by Crippen LogP contribution is 2.17. The van der Waals surface area contributed by atoms with E-state index in [-0.39, 0.29) is 18.4 Å². The van der Waals surface area contributed by atoms with Gasteiger partial charge in [0.15, 0.2) is 0 Å². The Bertz CT molecular complexity index is 511. The molecule has 0 radical (unpaired) electrons.